The first-order valence-corrected chi connectivity index (χ1v) is 8.78. The summed E-state index contributed by atoms with van der Waals surface area (Å²) in [7, 11) is 0. The Kier molecular flexibility index (Phi) is 4.36. The number of thiophene rings is 1. The average Bonchev–Trinajstić information content (AvgIpc) is 2.77. The second kappa shape index (κ2) is 6.06. The molecule has 1 aromatic heterocycles. The predicted molar refractivity (Wildman–Crippen MR) is 96.0 cm³/mol. The van der Waals surface area contributed by atoms with Gasteiger partial charge >= 0.3 is 0 Å². The SMILES string of the molecule is Clc1sc(CNc2ccc(Br)c3ccccc23)cc1Br. The van der Waals surface area contributed by atoms with E-state index in [1.54, 1.807) is 11.3 Å². The van der Waals surface area contributed by atoms with Crippen LogP contribution in [0.2, 0.25) is 4.34 Å². The highest BCUT2D eigenvalue weighted by Crippen LogP contribution is 2.34. The van der Waals surface area contributed by atoms with E-state index in [2.05, 4.69) is 73.6 Å². The quantitative estimate of drug-likeness (QED) is 0.487. The highest BCUT2D eigenvalue weighted by Gasteiger charge is 2.06. The number of nitrogens with one attached hydrogen (secondary N) is 1. The zero-order chi connectivity index (χ0) is 14.1. The number of hydrogen-bond donors (Lipinski definition) is 1. The Morgan fingerprint density at radius 1 is 1.00 bits per heavy atom. The second-order valence-corrected chi connectivity index (χ2v) is 7.78. The lowest BCUT2D eigenvalue weighted by Gasteiger charge is -2.10. The molecule has 0 unspecified atom stereocenters. The van der Waals surface area contributed by atoms with Crippen molar-refractivity contribution >= 4 is 71.3 Å². The fraction of sp³-hybridized carbons (Fsp3) is 0.0667. The van der Waals surface area contributed by atoms with E-state index < -0.39 is 0 Å². The van der Waals surface area contributed by atoms with Gasteiger partial charge in [-0.25, -0.2) is 0 Å². The third kappa shape index (κ3) is 2.89. The Hall–Kier alpha value is -0.550. The minimum Gasteiger partial charge on any atom is -0.380 e. The largest absolute Gasteiger partial charge is 0.380 e. The van der Waals surface area contributed by atoms with E-state index in [1.165, 1.54) is 15.6 Å². The summed E-state index contributed by atoms with van der Waals surface area (Å²) in [5.74, 6) is 0. The molecule has 102 valence electrons. The molecule has 3 rings (SSSR count). The summed E-state index contributed by atoms with van der Waals surface area (Å²) >= 11 is 14.7. The normalized spacial score (nSPS) is 10.9. The van der Waals surface area contributed by atoms with Crippen LogP contribution in [-0.2, 0) is 6.54 Å². The Balaban J connectivity index is 1.89. The lowest BCUT2D eigenvalue weighted by molar-refractivity contribution is 1.20. The molecule has 0 amide bonds. The molecule has 0 saturated carbocycles. The molecule has 2 aromatic carbocycles. The smallest absolute Gasteiger partial charge is 0.107 e. The van der Waals surface area contributed by atoms with Gasteiger partial charge in [-0.1, -0.05) is 51.8 Å². The molecule has 0 aliphatic rings. The van der Waals surface area contributed by atoms with Crippen molar-refractivity contribution in [3.63, 3.8) is 0 Å². The number of anilines is 1. The van der Waals surface area contributed by atoms with E-state index >= 15 is 0 Å². The van der Waals surface area contributed by atoms with Gasteiger partial charge in [-0.2, -0.15) is 0 Å². The number of fused-ring (bicyclic) bond motifs is 1. The van der Waals surface area contributed by atoms with Crippen LogP contribution in [0.5, 0.6) is 0 Å². The molecule has 1 heterocycles. The molecule has 0 aliphatic heterocycles. The van der Waals surface area contributed by atoms with Gasteiger partial charge in [0.1, 0.15) is 4.34 Å². The molecule has 0 saturated heterocycles. The summed E-state index contributed by atoms with van der Waals surface area (Å²) < 4.78 is 2.87. The van der Waals surface area contributed by atoms with E-state index in [-0.39, 0.29) is 0 Å². The van der Waals surface area contributed by atoms with Gasteiger partial charge in [0.2, 0.25) is 0 Å². The van der Waals surface area contributed by atoms with E-state index in [1.807, 2.05) is 6.07 Å². The van der Waals surface area contributed by atoms with Crippen molar-refractivity contribution in [1.82, 2.24) is 0 Å². The van der Waals surface area contributed by atoms with Crippen LogP contribution in [-0.4, -0.2) is 0 Å². The number of benzene rings is 2. The monoisotopic (exact) mass is 429 g/mol. The van der Waals surface area contributed by atoms with Crippen molar-refractivity contribution in [1.29, 1.82) is 0 Å². The first kappa shape index (κ1) is 14.4. The molecule has 0 atom stereocenters. The lowest BCUT2D eigenvalue weighted by atomic mass is 10.1. The van der Waals surface area contributed by atoms with Crippen LogP contribution in [0.4, 0.5) is 5.69 Å². The molecule has 20 heavy (non-hydrogen) atoms. The summed E-state index contributed by atoms with van der Waals surface area (Å²) in [5, 5.41) is 5.90. The predicted octanol–water partition coefficient (Wildman–Crippen LogP) is 6.69. The summed E-state index contributed by atoms with van der Waals surface area (Å²) in [6.45, 7) is 0.765. The molecule has 0 fully saturated rings. The van der Waals surface area contributed by atoms with Gasteiger partial charge < -0.3 is 5.32 Å². The maximum Gasteiger partial charge on any atom is 0.107 e. The molecule has 5 heteroatoms. The van der Waals surface area contributed by atoms with Gasteiger partial charge in [-0.05, 0) is 39.5 Å². The Morgan fingerprint density at radius 2 is 1.75 bits per heavy atom. The van der Waals surface area contributed by atoms with E-state index in [4.69, 9.17) is 11.6 Å². The first-order chi connectivity index (χ1) is 9.65. The van der Waals surface area contributed by atoms with Crippen LogP contribution < -0.4 is 5.32 Å². The standard InChI is InChI=1S/C15H10Br2ClNS/c16-12-5-6-14(11-4-2-1-3-10(11)12)19-8-9-7-13(17)15(18)20-9/h1-7,19H,8H2. The molecular weight excluding hydrogens is 422 g/mol. The van der Waals surface area contributed by atoms with Crippen molar-refractivity contribution in [2.45, 2.75) is 6.54 Å². The Labute approximate surface area is 143 Å². The zero-order valence-corrected chi connectivity index (χ0v) is 15.0. The van der Waals surface area contributed by atoms with Crippen LogP contribution >= 0.6 is 54.8 Å². The van der Waals surface area contributed by atoms with Crippen molar-refractivity contribution < 1.29 is 0 Å². The maximum absolute atomic E-state index is 6.06. The third-order valence-electron chi connectivity index (χ3n) is 3.02. The highest BCUT2D eigenvalue weighted by atomic mass is 79.9. The van der Waals surface area contributed by atoms with Gasteiger partial charge in [0.05, 0.1) is 0 Å². The van der Waals surface area contributed by atoms with Gasteiger partial charge in [0.15, 0.2) is 0 Å². The molecule has 1 N–H and O–H groups in total. The second-order valence-electron chi connectivity index (χ2n) is 4.33. The summed E-state index contributed by atoms with van der Waals surface area (Å²) in [5.41, 5.74) is 1.13. The van der Waals surface area contributed by atoms with Gasteiger partial charge in [-0.15, -0.1) is 11.3 Å². The minimum absolute atomic E-state index is 0.765. The summed E-state index contributed by atoms with van der Waals surface area (Å²) in [6.07, 6.45) is 0. The topological polar surface area (TPSA) is 12.0 Å². The maximum atomic E-state index is 6.06. The van der Waals surface area contributed by atoms with Crippen LogP contribution in [0.3, 0.4) is 0 Å². The lowest BCUT2D eigenvalue weighted by Crippen LogP contribution is -1.98. The first-order valence-electron chi connectivity index (χ1n) is 6.00. The van der Waals surface area contributed by atoms with Gasteiger partial charge in [0.25, 0.3) is 0 Å². The van der Waals surface area contributed by atoms with E-state index in [0.29, 0.717) is 0 Å². The minimum atomic E-state index is 0.765. The van der Waals surface area contributed by atoms with Crippen LogP contribution in [0.25, 0.3) is 10.8 Å². The summed E-state index contributed by atoms with van der Waals surface area (Å²) in [4.78, 5) is 1.20. The van der Waals surface area contributed by atoms with Crippen molar-refractivity contribution in [2.75, 3.05) is 5.32 Å². The Morgan fingerprint density at radius 3 is 2.45 bits per heavy atom. The molecule has 3 aromatic rings. The van der Waals surface area contributed by atoms with Gasteiger partial charge in [-0.3, -0.25) is 0 Å². The highest BCUT2D eigenvalue weighted by molar-refractivity contribution is 9.11. The molecular formula is C15H10Br2ClNS. The van der Waals surface area contributed by atoms with E-state index in [0.717, 1.165) is 25.5 Å². The van der Waals surface area contributed by atoms with Gasteiger partial charge in [0, 0.05) is 31.4 Å². The van der Waals surface area contributed by atoms with Crippen LogP contribution in [0, 0.1) is 0 Å². The third-order valence-corrected chi connectivity index (χ3v) is 6.19. The molecule has 0 radical (unpaired) electrons. The molecule has 0 spiro atoms. The molecule has 1 nitrogen and oxygen atoms in total. The molecule has 0 aliphatic carbocycles. The van der Waals surface area contributed by atoms with Crippen LogP contribution in [0.15, 0.2) is 51.4 Å². The average molecular weight is 432 g/mol. The zero-order valence-electron chi connectivity index (χ0n) is 10.3. The fourth-order valence-electron chi connectivity index (χ4n) is 2.08. The Bertz CT molecular complexity index is 750. The number of hydrogen-bond acceptors (Lipinski definition) is 2. The van der Waals surface area contributed by atoms with Crippen LogP contribution in [0.1, 0.15) is 4.88 Å². The number of halogens is 3. The van der Waals surface area contributed by atoms with Crippen molar-refractivity contribution in [2.24, 2.45) is 0 Å². The van der Waals surface area contributed by atoms with E-state index in [9.17, 15) is 0 Å². The van der Waals surface area contributed by atoms with Crippen molar-refractivity contribution in [3.8, 4) is 0 Å². The summed E-state index contributed by atoms with van der Waals surface area (Å²) in [6, 6.07) is 14.6. The van der Waals surface area contributed by atoms with Crippen molar-refractivity contribution in [3.05, 3.63) is 60.6 Å². The number of rotatable bonds is 3. The fourth-order valence-corrected chi connectivity index (χ4v) is 4.29. The molecule has 0 bridgehead atoms.